The van der Waals surface area contributed by atoms with Gasteiger partial charge in [0.25, 0.3) is 0 Å². The SMILES string of the molecule is CC(CN1CCCCC1)NCc1ccc(F)c(C#N)c1. The van der Waals surface area contributed by atoms with Crippen LogP contribution in [-0.2, 0) is 6.54 Å². The fraction of sp³-hybridized carbons (Fsp3) is 0.562. The lowest BCUT2D eigenvalue weighted by atomic mass is 10.1. The average molecular weight is 275 g/mol. The van der Waals surface area contributed by atoms with Crippen molar-refractivity contribution in [1.82, 2.24) is 10.2 Å². The van der Waals surface area contributed by atoms with Crippen LogP contribution in [-0.4, -0.2) is 30.6 Å². The maximum Gasteiger partial charge on any atom is 0.140 e. The molecule has 1 fully saturated rings. The first-order valence-corrected chi connectivity index (χ1v) is 7.33. The molecule has 1 N–H and O–H groups in total. The minimum absolute atomic E-state index is 0.119. The van der Waals surface area contributed by atoms with Crippen molar-refractivity contribution in [2.45, 2.75) is 38.8 Å². The topological polar surface area (TPSA) is 39.1 Å². The summed E-state index contributed by atoms with van der Waals surface area (Å²) >= 11 is 0. The van der Waals surface area contributed by atoms with Crippen molar-refractivity contribution >= 4 is 0 Å². The average Bonchev–Trinajstić information content (AvgIpc) is 2.47. The first-order valence-electron chi connectivity index (χ1n) is 7.33. The van der Waals surface area contributed by atoms with Crippen LogP contribution in [0.25, 0.3) is 0 Å². The summed E-state index contributed by atoms with van der Waals surface area (Å²) in [6, 6.07) is 6.99. The van der Waals surface area contributed by atoms with E-state index < -0.39 is 5.82 Å². The highest BCUT2D eigenvalue weighted by atomic mass is 19.1. The molecule has 0 bridgehead atoms. The van der Waals surface area contributed by atoms with Gasteiger partial charge < -0.3 is 10.2 Å². The molecule has 2 rings (SSSR count). The Labute approximate surface area is 120 Å². The lowest BCUT2D eigenvalue weighted by Gasteiger charge is -2.29. The number of halogens is 1. The van der Waals surface area contributed by atoms with Gasteiger partial charge in [0.2, 0.25) is 0 Å². The van der Waals surface area contributed by atoms with Crippen LogP contribution in [0.2, 0.25) is 0 Å². The maximum atomic E-state index is 13.2. The molecule has 1 saturated heterocycles. The van der Waals surface area contributed by atoms with Crippen LogP contribution >= 0.6 is 0 Å². The number of hydrogen-bond acceptors (Lipinski definition) is 3. The van der Waals surface area contributed by atoms with E-state index in [1.165, 1.54) is 38.4 Å². The Morgan fingerprint density at radius 3 is 2.80 bits per heavy atom. The molecule has 3 nitrogen and oxygen atoms in total. The van der Waals surface area contributed by atoms with Crippen LogP contribution in [0, 0.1) is 17.1 Å². The highest BCUT2D eigenvalue weighted by Gasteiger charge is 2.13. The molecule has 20 heavy (non-hydrogen) atoms. The van der Waals surface area contributed by atoms with Gasteiger partial charge in [-0.2, -0.15) is 5.26 Å². The third-order valence-corrected chi connectivity index (χ3v) is 3.79. The van der Waals surface area contributed by atoms with Crippen molar-refractivity contribution < 1.29 is 4.39 Å². The molecule has 4 heteroatoms. The summed E-state index contributed by atoms with van der Waals surface area (Å²) < 4.78 is 13.2. The van der Waals surface area contributed by atoms with Crippen molar-refractivity contribution in [3.05, 3.63) is 35.1 Å². The molecule has 0 spiro atoms. The van der Waals surface area contributed by atoms with Crippen molar-refractivity contribution in [3.8, 4) is 6.07 Å². The normalized spacial score (nSPS) is 17.6. The molecule has 1 heterocycles. The number of likely N-dealkylation sites (tertiary alicyclic amines) is 1. The van der Waals surface area contributed by atoms with Crippen LogP contribution in [0.3, 0.4) is 0 Å². The molecule has 1 atom stereocenters. The molecule has 1 aliphatic rings. The number of nitrogens with zero attached hydrogens (tertiary/aromatic N) is 2. The summed E-state index contributed by atoms with van der Waals surface area (Å²) in [5.74, 6) is -0.447. The summed E-state index contributed by atoms with van der Waals surface area (Å²) in [5.41, 5.74) is 1.07. The molecule has 1 unspecified atom stereocenters. The fourth-order valence-corrected chi connectivity index (χ4v) is 2.65. The van der Waals surface area contributed by atoms with Gasteiger partial charge in [0.05, 0.1) is 5.56 Å². The van der Waals surface area contributed by atoms with Crippen LogP contribution in [0.5, 0.6) is 0 Å². The summed E-state index contributed by atoms with van der Waals surface area (Å²) in [6.45, 7) is 6.28. The van der Waals surface area contributed by atoms with E-state index in [-0.39, 0.29) is 5.56 Å². The first kappa shape index (κ1) is 15.0. The monoisotopic (exact) mass is 275 g/mol. The standard InChI is InChI=1S/C16H22FN3/c1-13(12-20-7-3-2-4-8-20)19-11-14-5-6-16(17)15(9-14)10-18/h5-6,9,13,19H,2-4,7-8,11-12H2,1H3. The third-order valence-electron chi connectivity index (χ3n) is 3.79. The predicted octanol–water partition coefficient (Wildman–Crippen LogP) is 2.66. The van der Waals surface area contributed by atoms with E-state index in [0.29, 0.717) is 12.6 Å². The van der Waals surface area contributed by atoms with E-state index in [1.807, 2.05) is 6.07 Å². The Morgan fingerprint density at radius 1 is 1.35 bits per heavy atom. The number of hydrogen-bond donors (Lipinski definition) is 1. The summed E-state index contributed by atoms with van der Waals surface area (Å²) in [5, 5.41) is 12.3. The molecular formula is C16H22FN3. The number of nitrogens with one attached hydrogen (secondary N) is 1. The van der Waals surface area contributed by atoms with Crippen molar-refractivity contribution in [2.24, 2.45) is 0 Å². The zero-order valence-corrected chi connectivity index (χ0v) is 12.0. The van der Waals surface area contributed by atoms with Gasteiger partial charge in [-0.15, -0.1) is 0 Å². The Morgan fingerprint density at radius 2 is 2.10 bits per heavy atom. The fourth-order valence-electron chi connectivity index (χ4n) is 2.65. The van der Waals surface area contributed by atoms with Gasteiger partial charge in [0, 0.05) is 19.1 Å². The Hall–Kier alpha value is -1.44. The van der Waals surface area contributed by atoms with Crippen LogP contribution in [0.4, 0.5) is 4.39 Å². The molecule has 1 aliphatic heterocycles. The third kappa shape index (κ3) is 4.29. The number of benzene rings is 1. The van der Waals surface area contributed by atoms with Gasteiger partial charge >= 0.3 is 0 Å². The Bertz CT molecular complexity index is 475. The molecule has 0 aromatic heterocycles. The molecule has 1 aromatic rings. The molecular weight excluding hydrogens is 253 g/mol. The Kier molecular flexibility index (Phi) is 5.51. The summed E-state index contributed by atoms with van der Waals surface area (Å²) in [4.78, 5) is 2.49. The zero-order chi connectivity index (χ0) is 14.4. The van der Waals surface area contributed by atoms with Gasteiger partial charge in [0.1, 0.15) is 11.9 Å². The second kappa shape index (κ2) is 7.37. The number of rotatable bonds is 5. The first-order chi connectivity index (χ1) is 9.69. The van der Waals surface area contributed by atoms with E-state index in [0.717, 1.165) is 12.1 Å². The van der Waals surface area contributed by atoms with Crippen LogP contribution in [0.1, 0.15) is 37.3 Å². The minimum atomic E-state index is -0.447. The Balaban J connectivity index is 1.80. The maximum absolute atomic E-state index is 13.2. The smallest absolute Gasteiger partial charge is 0.140 e. The highest BCUT2D eigenvalue weighted by molar-refractivity contribution is 5.34. The molecule has 108 valence electrons. The van der Waals surface area contributed by atoms with Crippen molar-refractivity contribution in [1.29, 1.82) is 5.26 Å². The molecule has 1 aromatic carbocycles. The lowest BCUT2D eigenvalue weighted by molar-refractivity contribution is 0.209. The summed E-state index contributed by atoms with van der Waals surface area (Å²) in [7, 11) is 0. The van der Waals surface area contributed by atoms with Gasteiger partial charge in [-0.25, -0.2) is 4.39 Å². The predicted molar refractivity (Wildman–Crippen MR) is 77.7 cm³/mol. The number of piperidine rings is 1. The lowest BCUT2D eigenvalue weighted by Crippen LogP contribution is -2.41. The molecule has 0 amide bonds. The van der Waals surface area contributed by atoms with E-state index >= 15 is 0 Å². The second-order valence-corrected chi connectivity index (χ2v) is 5.57. The summed E-state index contributed by atoms with van der Waals surface area (Å²) in [6.07, 6.45) is 3.96. The minimum Gasteiger partial charge on any atom is -0.309 e. The van der Waals surface area contributed by atoms with Gasteiger partial charge in [-0.3, -0.25) is 0 Å². The second-order valence-electron chi connectivity index (χ2n) is 5.57. The molecule has 0 saturated carbocycles. The van der Waals surface area contributed by atoms with E-state index in [4.69, 9.17) is 5.26 Å². The van der Waals surface area contributed by atoms with Gasteiger partial charge in [-0.05, 0) is 50.6 Å². The molecule has 0 radical (unpaired) electrons. The van der Waals surface area contributed by atoms with Crippen molar-refractivity contribution in [2.75, 3.05) is 19.6 Å². The zero-order valence-electron chi connectivity index (χ0n) is 12.0. The van der Waals surface area contributed by atoms with E-state index in [2.05, 4.69) is 17.1 Å². The van der Waals surface area contributed by atoms with Crippen LogP contribution in [0.15, 0.2) is 18.2 Å². The highest BCUT2D eigenvalue weighted by Crippen LogP contribution is 2.11. The van der Waals surface area contributed by atoms with Gasteiger partial charge in [0.15, 0.2) is 0 Å². The largest absolute Gasteiger partial charge is 0.309 e. The van der Waals surface area contributed by atoms with Crippen molar-refractivity contribution in [3.63, 3.8) is 0 Å². The van der Waals surface area contributed by atoms with E-state index in [1.54, 1.807) is 12.1 Å². The van der Waals surface area contributed by atoms with Crippen LogP contribution < -0.4 is 5.32 Å². The van der Waals surface area contributed by atoms with E-state index in [9.17, 15) is 4.39 Å². The molecule has 0 aliphatic carbocycles. The quantitative estimate of drug-likeness (QED) is 0.898. The van der Waals surface area contributed by atoms with Gasteiger partial charge in [-0.1, -0.05) is 12.5 Å². The number of nitriles is 1.